The Morgan fingerprint density at radius 1 is 1.48 bits per heavy atom. The molecule has 1 aromatic heterocycles. The predicted molar refractivity (Wildman–Crippen MR) is 93.9 cm³/mol. The van der Waals surface area contributed by atoms with Gasteiger partial charge in [0.2, 0.25) is 0 Å². The largest absolute Gasteiger partial charge is 0.497 e. The monoisotopic (exact) mass is 344 g/mol. The molecule has 0 unspecified atom stereocenters. The van der Waals surface area contributed by atoms with Crippen LogP contribution in [-0.2, 0) is 11.8 Å². The number of carbonyl (C=O) groups is 1. The molecule has 0 aliphatic carbocycles. The number of aryl methyl sites for hydroxylation is 1. The number of fused-ring (bicyclic) bond motifs is 2. The van der Waals surface area contributed by atoms with Crippen molar-refractivity contribution in [1.29, 1.82) is 0 Å². The van der Waals surface area contributed by atoms with Crippen molar-refractivity contribution < 1.29 is 19.4 Å². The summed E-state index contributed by atoms with van der Waals surface area (Å²) in [6, 6.07) is 5.82. The summed E-state index contributed by atoms with van der Waals surface area (Å²) >= 11 is 0. The van der Waals surface area contributed by atoms with Crippen LogP contribution in [0.25, 0.3) is 10.9 Å². The minimum atomic E-state index is -0.300. The van der Waals surface area contributed by atoms with Crippen LogP contribution in [0.5, 0.6) is 5.75 Å². The summed E-state index contributed by atoms with van der Waals surface area (Å²) in [5, 5.41) is 10.8. The number of carbonyl (C=O) groups excluding carboxylic acids is 1. The summed E-state index contributed by atoms with van der Waals surface area (Å²) in [5.74, 6) is 0.982. The smallest absolute Gasteiger partial charge is 0.256 e. The first-order chi connectivity index (χ1) is 12.0. The normalized spacial score (nSPS) is 25.6. The molecule has 1 N–H and O–H groups in total. The molecule has 2 fully saturated rings. The lowest BCUT2D eigenvalue weighted by Crippen LogP contribution is -2.36. The zero-order valence-electron chi connectivity index (χ0n) is 14.9. The molecule has 25 heavy (non-hydrogen) atoms. The van der Waals surface area contributed by atoms with Crippen molar-refractivity contribution in [2.24, 2.45) is 18.4 Å². The minimum Gasteiger partial charge on any atom is -0.497 e. The summed E-state index contributed by atoms with van der Waals surface area (Å²) in [6.45, 7) is 4.37. The van der Waals surface area contributed by atoms with Crippen molar-refractivity contribution in [2.75, 3.05) is 40.0 Å². The van der Waals surface area contributed by atoms with Gasteiger partial charge in [0.25, 0.3) is 5.91 Å². The van der Waals surface area contributed by atoms with E-state index in [1.54, 1.807) is 7.11 Å². The average molecular weight is 344 g/mol. The SMILES string of the molecule is COc1ccc2c(c1)c(C(=O)N1C[C@H]3COC[C@@]3(CO)C1)c(C)n2C. The van der Waals surface area contributed by atoms with Gasteiger partial charge < -0.3 is 24.0 Å². The maximum atomic E-state index is 13.3. The van der Waals surface area contributed by atoms with Gasteiger partial charge in [-0.15, -0.1) is 0 Å². The first kappa shape index (κ1) is 16.4. The van der Waals surface area contributed by atoms with Gasteiger partial charge in [-0.1, -0.05) is 0 Å². The van der Waals surface area contributed by atoms with Gasteiger partial charge >= 0.3 is 0 Å². The van der Waals surface area contributed by atoms with E-state index in [-0.39, 0.29) is 23.8 Å². The molecule has 2 aliphatic rings. The van der Waals surface area contributed by atoms with E-state index in [1.807, 2.05) is 41.6 Å². The molecule has 4 rings (SSSR count). The van der Waals surface area contributed by atoms with Crippen LogP contribution in [0.3, 0.4) is 0 Å². The van der Waals surface area contributed by atoms with Gasteiger partial charge in [-0.05, 0) is 25.1 Å². The van der Waals surface area contributed by atoms with Crippen LogP contribution in [0, 0.1) is 18.3 Å². The third-order valence-electron chi connectivity index (χ3n) is 6.04. The number of methoxy groups -OCH3 is 1. The Hall–Kier alpha value is -2.05. The Morgan fingerprint density at radius 3 is 2.96 bits per heavy atom. The van der Waals surface area contributed by atoms with Crippen LogP contribution in [0.4, 0.5) is 0 Å². The van der Waals surface area contributed by atoms with E-state index in [9.17, 15) is 9.90 Å². The molecule has 2 atom stereocenters. The lowest BCUT2D eigenvalue weighted by Gasteiger charge is -2.24. The van der Waals surface area contributed by atoms with Gasteiger partial charge in [-0.3, -0.25) is 4.79 Å². The van der Waals surface area contributed by atoms with Crippen LogP contribution in [-0.4, -0.2) is 60.5 Å². The van der Waals surface area contributed by atoms with Gasteiger partial charge in [0.05, 0.1) is 32.5 Å². The Labute approximate surface area is 146 Å². The third kappa shape index (κ3) is 2.28. The summed E-state index contributed by atoms with van der Waals surface area (Å²) in [5.41, 5.74) is 2.39. The highest BCUT2D eigenvalue weighted by Gasteiger charge is 2.51. The second kappa shape index (κ2) is 5.75. The Kier molecular flexibility index (Phi) is 3.77. The summed E-state index contributed by atoms with van der Waals surface area (Å²) in [7, 11) is 3.60. The fourth-order valence-corrected chi connectivity index (χ4v) is 4.32. The molecular formula is C19H24N2O4. The molecule has 0 saturated carbocycles. The minimum absolute atomic E-state index is 0.0265. The number of rotatable bonds is 3. The van der Waals surface area contributed by atoms with Crippen LogP contribution in [0.2, 0.25) is 0 Å². The maximum Gasteiger partial charge on any atom is 0.256 e. The topological polar surface area (TPSA) is 63.9 Å². The predicted octanol–water partition coefficient (Wildman–Crippen LogP) is 1.58. The lowest BCUT2D eigenvalue weighted by atomic mass is 9.82. The lowest BCUT2D eigenvalue weighted by molar-refractivity contribution is 0.0631. The third-order valence-corrected chi connectivity index (χ3v) is 6.04. The van der Waals surface area contributed by atoms with Crippen LogP contribution in [0.1, 0.15) is 16.1 Å². The van der Waals surface area contributed by atoms with Gasteiger partial charge in [0.15, 0.2) is 0 Å². The fraction of sp³-hybridized carbons (Fsp3) is 0.526. The molecule has 3 heterocycles. The number of aliphatic hydroxyl groups is 1. The molecule has 2 aromatic rings. The van der Waals surface area contributed by atoms with Crippen molar-refractivity contribution in [3.8, 4) is 5.75 Å². The molecule has 0 radical (unpaired) electrons. The van der Waals surface area contributed by atoms with E-state index in [1.165, 1.54) is 0 Å². The molecule has 0 bridgehead atoms. The van der Waals surface area contributed by atoms with E-state index >= 15 is 0 Å². The van der Waals surface area contributed by atoms with E-state index in [0.717, 1.165) is 27.9 Å². The van der Waals surface area contributed by atoms with E-state index in [2.05, 4.69) is 0 Å². The van der Waals surface area contributed by atoms with Gasteiger partial charge in [0.1, 0.15) is 5.75 Å². The number of hydrogen-bond donors (Lipinski definition) is 1. The van der Waals surface area contributed by atoms with Crippen LogP contribution >= 0.6 is 0 Å². The number of ether oxygens (including phenoxy) is 2. The molecule has 2 aliphatic heterocycles. The number of amides is 1. The molecule has 1 aromatic carbocycles. The number of aliphatic hydroxyl groups excluding tert-OH is 1. The molecule has 2 saturated heterocycles. The quantitative estimate of drug-likeness (QED) is 0.918. The van der Waals surface area contributed by atoms with Crippen molar-refractivity contribution in [3.63, 3.8) is 0 Å². The Morgan fingerprint density at radius 2 is 2.28 bits per heavy atom. The van der Waals surface area contributed by atoms with Gasteiger partial charge in [-0.2, -0.15) is 0 Å². The first-order valence-electron chi connectivity index (χ1n) is 8.61. The number of aromatic nitrogens is 1. The zero-order chi connectivity index (χ0) is 17.8. The van der Waals surface area contributed by atoms with E-state index in [0.29, 0.717) is 26.3 Å². The number of nitrogens with zero attached hydrogens (tertiary/aromatic N) is 2. The summed E-state index contributed by atoms with van der Waals surface area (Å²) in [6.07, 6.45) is 0. The van der Waals surface area contributed by atoms with Crippen molar-refractivity contribution in [1.82, 2.24) is 9.47 Å². The molecule has 6 heteroatoms. The number of hydrogen-bond acceptors (Lipinski definition) is 4. The van der Waals surface area contributed by atoms with Crippen molar-refractivity contribution >= 4 is 16.8 Å². The number of likely N-dealkylation sites (tertiary alicyclic amines) is 1. The summed E-state index contributed by atoms with van der Waals surface area (Å²) in [4.78, 5) is 15.2. The van der Waals surface area contributed by atoms with Crippen molar-refractivity contribution in [3.05, 3.63) is 29.5 Å². The molecule has 1 amide bonds. The van der Waals surface area contributed by atoms with Crippen molar-refractivity contribution in [2.45, 2.75) is 6.92 Å². The van der Waals surface area contributed by atoms with Gasteiger partial charge in [-0.25, -0.2) is 0 Å². The average Bonchev–Trinajstić information content (AvgIpc) is 3.24. The maximum absolute atomic E-state index is 13.3. The molecule has 6 nitrogen and oxygen atoms in total. The molecule has 134 valence electrons. The standard InChI is InChI=1S/C19H24N2O4/c1-12-17(15-6-14(24-3)4-5-16(15)20(12)2)18(23)21-7-13-8-25-11-19(13,9-21)10-22/h4-6,13,22H,7-11H2,1-3H3/t13-,19-/m0/s1. The summed E-state index contributed by atoms with van der Waals surface area (Å²) < 4.78 is 12.9. The second-order valence-electron chi connectivity index (χ2n) is 7.32. The number of benzene rings is 1. The fourth-order valence-electron chi connectivity index (χ4n) is 4.32. The Balaban J connectivity index is 1.75. The zero-order valence-corrected chi connectivity index (χ0v) is 14.9. The van der Waals surface area contributed by atoms with Crippen LogP contribution in [0.15, 0.2) is 18.2 Å². The highest BCUT2D eigenvalue weighted by atomic mass is 16.5. The van der Waals surface area contributed by atoms with E-state index < -0.39 is 0 Å². The Bertz CT molecular complexity index is 844. The highest BCUT2D eigenvalue weighted by Crippen LogP contribution is 2.42. The highest BCUT2D eigenvalue weighted by molar-refractivity contribution is 6.08. The van der Waals surface area contributed by atoms with Crippen LogP contribution < -0.4 is 4.74 Å². The van der Waals surface area contributed by atoms with Gasteiger partial charge in [0, 0.05) is 48.1 Å². The second-order valence-corrected chi connectivity index (χ2v) is 7.32. The molecule has 0 spiro atoms. The molecular weight excluding hydrogens is 320 g/mol. The van der Waals surface area contributed by atoms with E-state index in [4.69, 9.17) is 9.47 Å². The first-order valence-corrected chi connectivity index (χ1v) is 8.61.